The summed E-state index contributed by atoms with van der Waals surface area (Å²) in [5, 5.41) is 7.05. The van der Waals surface area contributed by atoms with Gasteiger partial charge in [0.15, 0.2) is 0 Å². The van der Waals surface area contributed by atoms with Crippen LogP contribution in [0.15, 0.2) is 42.5 Å². The molecule has 0 saturated carbocycles. The Bertz CT molecular complexity index is 764. The summed E-state index contributed by atoms with van der Waals surface area (Å²) >= 11 is 12.4. The zero-order chi connectivity index (χ0) is 18.4. The minimum atomic E-state index is -0.257. The predicted octanol–water partition coefficient (Wildman–Crippen LogP) is 3.42. The molecule has 0 unspecified atom stereocenters. The average Bonchev–Trinajstić information content (AvgIpc) is 2.64. The van der Waals surface area contributed by atoms with Gasteiger partial charge in [0.25, 0.3) is 5.91 Å². The lowest BCUT2D eigenvalue weighted by molar-refractivity contribution is 0.0945. The summed E-state index contributed by atoms with van der Waals surface area (Å²) < 4.78 is 5.84. The maximum atomic E-state index is 12.7. The summed E-state index contributed by atoms with van der Waals surface area (Å²) in [6, 6.07) is 12.2. The molecule has 0 aromatic heterocycles. The number of piperazine rings is 1. The Balaban J connectivity index is 1.68. The zero-order valence-corrected chi connectivity index (χ0v) is 15.8. The van der Waals surface area contributed by atoms with Crippen molar-refractivity contribution in [2.75, 3.05) is 39.3 Å². The Labute approximate surface area is 163 Å². The van der Waals surface area contributed by atoms with Gasteiger partial charge in [-0.05, 0) is 24.3 Å². The van der Waals surface area contributed by atoms with E-state index in [2.05, 4.69) is 15.5 Å². The van der Waals surface area contributed by atoms with E-state index in [1.54, 1.807) is 30.3 Å². The average molecular weight is 394 g/mol. The Morgan fingerprint density at radius 2 is 1.73 bits per heavy atom. The highest BCUT2D eigenvalue weighted by molar-refractivity contribution is 6.34. The zero-order valence-electron chi connectivity index (χ0n) is 14.3. The molecule has 2 aromatic carbocycles. The van der Waals surface area contributed by atoms with Gasteiger partial charge in [-0.25, -0.2) is 0 Å². The van der Waals surface area contributed by atoms with Gasteiger partial charge >= 0.3 is 0 Å². The number of carbonyl (C=O) groups excluding carboxylic acids is 1. The van der Waals surface area contributed by atoms with Gasteiger partial charge in [-0.1, -0.05) is 41.4 Å². The molecule has 1 aliphatic heterocycles. The van der Waals surface area contributed by atoms with E-state index in [1.165, 1.54) is 0 Å². The lowest BCUT2D eigenvalue weighted by Gasteiger charge is -2.27. The number of amides is 1. The highest BCUT2D eigenvalue weighted by Gasteiger charge is 2.18. The van der Waals surface area contributed by atoms with Crippen molar-refractivity contribution in [3.05, 3.63) is 58.1 Å². The first-order valence-electron chi connectivity index (χ1n) is 8.57. The van der Waals surface area contributed by atoms with E-state index >= 15 is 0 Å². The van der Waals surface area contributed by atoms with Gasteiger partial charge in [0.1, 0.15) is 17.1 Å². The highest BCUT2D eigenvalue weighted by Crippen LogP contribution is 2.33. The number of para-hydroxylation sites is 1. The number of halogens is 2. The largest absolute Gasteiger partial charge is 0.455 e. The Kier molecular flexibility index (Phi) is 6.74. The molecule has 5 nitrogen and oxygen atoms in total. The summed E-state index contributed by atoms with van der Waals surface area (Å²) in [6.07, 6.45) is 0. The lowest BCUT2D eigenvalue weighted by Crippen LogP contribution is -2.46. The Morgan fingerprint density at radius 3 is 2.50 bits per heavy atom. The Hall–Kier alpha value is -1.79. The van der Waals surface area contributed by atoms with Crippen molar-refractivity contribution in [1.29, 1.82) is 0 Å². The lowest BCUT2D eigenvalue weighted by atomic mass is 10.2. The van der Waals surface area contributed by atoms with Gasteiger partial charge in [-0.3, -0.25) is 9.69 Å². The van der Waals surface area contributed by atoms with E-state index in [9.17, 15) is 4.79 Å². The molecule has 1 saturated heterocycles. The number of benzene rings is 2. The van der Waals surface area contributed by atoms with E-state index in [0.29, 0.717) is 33.7 Å². The fourth-order valence-electron chi connectivity index (χ4n) is 2.81. The van der Waals surface area contributed by atoms with Crippen molar-refractivity contribution in [2.45, 2.75) is 0 Å². The van der Waals surface area contributed by atoms with Crippen LogP contribution in [0.2, 0.25) is 10.0 Å². The molecule has 0 aliphatic carbocycles. The van der Waals surface area contributed by atoms with Gasteiger partial charge in [-0.2, -0.15) is 0 Å². The van der Waals surface area contributed by atoms with Crippen LogP contribution < -0.4 is 15.4 Å². The van der Waals surface area contributed by atoms with Crippen LogP contribution in [0.3, 0.4) is 0 Å². The van der Waals surface area contributed by atoms with Crippen LogP contribution in [0.4, 0.5) is 0 Å². The molecule has 3 rings (SSSR count). The van der Waals surface area contributed by atoms with Crippen molar-refractivity contribution >= 4 is 29.1 Å². The van der Waals surface area contributed by atoms with Crippen LogP contribution in [0, 0.1) is 0 Å². The van der Waals surface area contributed by atoms with Crippen molar-refractivity contribution in [2.24, 2.45) is 0 Å². The number of rotatable bonds is 6. The molecular formula is C19H21Cl2N3O2. The number of ether oxygens (including phenoxy) is 1. The summed E-state index contributed by atoms with van der Waals surface area (Å²) in [4.78, 5) is 15.0. The standard InChI is InChI=1S/C19H21Cl2N3O2/c20-14-4-1-2-6-16(14)26-17-7-3-5-15(21)18(17)19(25)23-10-13-24-11-8-22-9-12-24/h1-7,22H,8-13H2,(H,23,25). The number of hydrogen-bond acceptors (Lipinski definition) is 4. The third-order valence-electron chi connectivity index (χ3n) is 4.18. The number of nitrogens with one attached hydrogen (secondary N) is 2. The second kappa shape index (κ2) is 9.24. The molecule has 0 radical (unpaired) electrons. The second-order valence-electron chi connectivity index (χ2n) is 5.99. The van der Waals surface area contributed by atoms with E-state index in [0.717, 1.165) is 32.7 Å². The molecular weight excluding hydrogens is 373 g/mol. The van der Waals surface area contributed by atoms with Crippen LogP contribution in [-0.4, -0.2) is 50.1 Å². The first-order valence-corrected chi connectivity index (χ1v) is 9.33. The highest BCUT2D eigenvalue weighted by atomic mass is 35.5. The molecule has 0 spiro atoms. The van der Waals surface area contributed by atoms with E-state index < -0.39 is 0 Å². The molecule has 1 fully saturated rings. The molecule has 0 bridgehead atoms. The summed E-state index contributed by atoms with van der Waals surface area (Å²) in [6.45, 7) is 5.29. The molecule has 1 aliphatic rings. The topological polar surface area (TPSA) is 53.6 Å². The normalized spacial score (nSPS) is 14.8. The van der Waals surface area contributed by atoms with Crippen molar-refractivity contribution in [1.82, 2.24) is 15.5 Å². The molecule has 1 amide bonds. The van der Waals surface area contributed by atoms with E-state index in [-0.39, 0.29) is 5.91 Å². The van der Waals surface area contributed by atoms with E-state index in [4.69, 9.17) is 27.9 Å². The van der Waals surface area contributed by atoms with Crippen LogP contribution >= 0.6 is 23.2 Å². The van der Waals surface area contributed by atoms with Crippen LogP contribution in [0.5, 0.6) is 11.5 Å². The first-order chi connectivity index (χ1) is 12.6. The minimum Gasteiger partial charge on any atom is -0.455 e. The summed E-state index contributed by atoms with van der Waals surface area (Å²) in [5.74, 6) is 0.601. The molecule has 26 heavy (non-hydrogen) atoms. The number of nitrogens with zero attached hydrogens (tertiary/aromatic N) is 1. The van der Waals surface area contributed by atoms with Gasteiger partial charge in [0, 0.05) is 39.3 Å². The maximum absolute atomic E-state index is 12.7. The van der Waals surface area contributed by atoms with Gasteiger partial charge in [0.05, 0.1) is 10.0 Å². The molecule has 0 atom stereocenters. The van der Waals surface area contributed by atoms with Crippen LogP contribution in [-0.2, 0) is 0 Å². The molecule has 7 heteroatoms. The molecule has 2 aromatic rings. The number of carbonyl (C=O) groups is 1. The summed E-state index contributed by atoms with van der Waals surface area (Å²) in [7, 11) is 0. The fraction of sp³-hybridized carbons (Fsp3) is 0.316. The van der Waals surface area contributed by atoms with Crippen molar-refractivity contribution in [3.63, 3.8) is 0 Å². The van der Waals surface area contributed by atoms with Gasteiger partial charge in [0.2, 0.25) is 0 Å². The molecule has 2 N–H and O–H groups in total. The van der Waals surface area contributed by atoms with Crippen molar-refractivity contribution in [3.8, 4) is 11.5 Å². The third kappa shape index (κ3) is 4.89. The van der Waals surface area contributed by atoms with Gasteiger partial charge < -0.3 is 15.4 Å². The third-order valence-corrected chi connectivity index (χ3v) is 4.81. The summed E-state index contributed by atoms with van der Waals surface area (Å²) in [5.41, 5.74) is 0.314. The second-order valence-corrected chi connectivity index (χ2v) is 6.81. The maximum Gasteiger partial charge on any atom is 0.256 e. The fourth-order valence-corrected chi connectivity index (χ4v) is 3.23. The minimum absolute atomic E-state index is 0.257. The van der Waals surface area contributed by atoms with Crippen LogP contribution in [0.1, 0.15) is 10.4 Å². The molecule has 138 valence electrons. The van der Waals surface area contributed by atoms with Gasteiger partial charge in [-0.15, -0.1) is 0 Å². The van der Waals surface area contributed by atoms with Crippen molar-refractivity contribution < 1.29 is 9.53 Å². The smallest absolute Gasteiger partial charge is 0.256 e. The SMILES string of the molecule is O=C(NCCN1CCNCC1)c1c(Cl)cccc1Oc1ccccc1Cl. The predicted molar refractivity (Wildman–Crippen MR) is 105 cm³/mol. The molecule has 1 heterocycles. The quantitative estimate of drug-likeness (QED) is 0.789. The Morgan fingerprint density at radius 1 is 1.04 bits per heavy atom. The first kappa shape index (κ1) is 19.0. The number of hydrogen-bond donors (Lipinski definition) is 2. The monoisotopic (exact) mass is 393 g/mol. The van der Waals surface area contributed by atoms with E-state index in [1.807, 2.05) is 12.1 Å². The van der Waals surface area contributed by atoms with Crippen LogP contribution in [0.25, 0.3) is 0 Å².